The molecule has 35 heavy (non-hydrogen) atoms. The Morgan fingerprint density at radius 2 is 1.80 bits per heavy atom. The van der Waals surface area contributed by atoms with E-state index in [4.69, 9.17) is 4.74 Å². The number of nitrogens with zero attached hydrogens (tertiary/aromatic N) is 3. The van der Waals surface area contributed by atoms with E-state index in [-0.39, 0.29) is 42.1 Å². The highest BCUT2D eigenvalue weighted by molar-refractivity contribution is 5.99. The van der Waals surface area contributed by atoms with Crippen molar-refractivity contribution in [2.24, 2.45) is 11.8 Å². The number of hydrogen-bond acceptors (Lipinski definition) is 6. The Labute approximate surface area is 209 Å². The van der Waals surface area contributed by atoms with Gasteiger partial charge in [-0.2, -0.15) is 0 Å². The minimum atomic E-state index is -0.673. The third-order valence-electron chi connectivity index (χ3n) is 7.44. The number of ether oxygens (including phenoxy) is 1. The molecule has 3 fully saturated rings. The van der Waals surface area contributed by atoms with Crippen molar-refractivity contribution in [1.29, 1.82) is 0 Å². The number of nitrogens with one attached hydrogen (secondary N) is 1. The Kier molecular flexibility index (Phi) is 8.12. The van der Waals surface area contributed by atoms with Crippen LogP contribution in [0.3, 0.4) is 0 Å². The lowest BCUT2D eigenvalue weighted by atomic mass is 10.0. The fraction of sp³-hybridized carbons (Fsp3) is 0.667. The molecule has 192 valence electrons. The van der Waals surface area contributed by atoms with Crippen molar-refractivity contribution in [2.75, 3.05) is 50.8 Å². The van der Waals surface area contributed by atoms with Gasteiger partial charge in [0.1, 0.15) is 18.7 Å². The van der Waals surface area contributed by atoms with Crippen molar-refractivity contribution < 1.29 is 19.1 Å². The molecule has 3 aliphatic rings. The van der Waals surface area contributed by atoms with Crippen LogP contribution in [0.5, 0.6) is 0 Å². The molecule has 8 nitrogen and oxygen atoms in total. The lowest BCUT2D eigenvalue weighted by Crippen LogP contribution is -2.52. The van der Waals surface area contributed by atoms with Crippen molar-refractivity contribution in [2.45, 2.75) is 58.7 Å². The van der Waals surface area contributed by atoms with Gasteiger partial charge in [0.2, 0.25) is 5.91 Å². The van der Waals surface area contributed by atoms with E-state index in [1.54, 1.807) is 4.90 Å². The number of benzene rings is 1. The summed E-state index contributed by atoms with van der Waals surface area (Å²) in [5.41, 5.74) is 1.65. The first-order valence-electron chi connectivity index (χ1n) is 13.1. The van der Waals surface area contributed by atoms with Crippen LogP contribution in [0.1, 0.15) is 50.9 Å². The van der Waals surface area contributed by atoms with Gasteiger partial charge in [-0.1, -0.05) is 27.7 Å². The van der Waals surface area contributed by atoms with Crippen LogP contribution in [0.4, 0.5) is 5.69 Å². The molecule has 2 amide bonds. The van der Waals surface area contributed by atoms with E-state index in [1.165, 1.54) is 6.42 Å². The zero-order chi connectivity index (χ0) is 25.1. The van der Waals surface area contributed by atoms with Crippen LogP contribution in [-0.2, 0) is 14.3 Å². The van der Waals surface area contributed by atoms with Gasteiger partial charge in [0.15, 0.2) is 5.78 Å². The van der Waals surface area contributed by atoms with Crippen molar-refractivity contribution in [3.8, 4) is 0 Å². The second-order valence-electron chi connectivity index (χ2n) is 10.7. The van der Waals surface area contributed by atoms with Crippen LogP contribution < -0.4 is 10.2 Å². The maximum absolute atomic E-state index is 13.5. The molecule has 0 saturated carbocycles. The smallest absolute Gasteiger partial charge is 0.251 e. The fourth-order valence-electron chi connectivity index (χ4n) is 5.62. The number of rotatable bonds is 8. The SMILES string of the molecule is CCCN1CCN(c2ccc(C(=O)N[C@@H](CC(C)C)C(=O)N3C[C@@H](C)[C@H]4OCC(=O)[C@H]43)cc2)CC1. The van der Waals surface area contributed by atoms with Gasteiger partial charge in [-0.3, -0.25) is 19.3 Å². The van der Waals surface area contributed by atoms with Crippen LogP contribution in [0.15, 0.2) is 24.3 Å². The average molecular weight is 485 g/mol. The molecule has 1 aromatic carbocycles. The highest BCUT2D eigenvalue weighted by Crippen LogP contribution is 2.32. The van der Waals surface area contributed by atoms with Crippen molar-refractivity contribution in [3.05, 3.63) is 29.8 Å². The summed E-state index contributed by atoms with van der Waals surface area (Å²) in [7, 11) is 0. The summed E-state index contributed by atoms with van der Waals surface area (Å²) in [6.45, 7) is 14.0. The van der Waals surface area contributed by atoms with Crippen molar-refractivity contribution in [3.63, 3.8) is 0 Å². The Morgan fingerprint density at radius 1 is 1.11 bits per heavy atom. The van der Waals surface area contributed by atoms with Crippen molar-refractivity contribution >= 4 is 23.3 Å². The molecule has 1 N–H and O–H groups in total. The molecular weight excluding hydrogens is 444 g/mol. The lowest BCUT2D eigenvalue weighted by molar-refractivity contribution is -0.138. The van der Waals surface area contributed by atoms with Gasteiger partial charge in [0, 0.05) is 49.9 Å². The molecule has 4 rings (SSSR count). The third kappa shape index (κ3) is 5.70. The molecule has 0 unspecified atom stereocenters. The summed E-state index contributed by atoms with van der Waals surface area (Å²) in [4.78, 5) is 45.5. The molecule has 3 heterocycles. The zero-order valence-electron chi connectivity index (χ0n) is 21.5. The maximum Gasteiger partial charge on any atom is 0.251 e. The standard InChI is InChI=1S/C27H40N4O4/c1-5-10-29-11-13-30(14-12-29)21-8-6-20(7-9-21)26(33)28-22(15-18(2)3)27(34)31-16-19(4)25-24(31)23(32)17-35-25/h6-9,18-19,22,24-25H,5,10-17H2,1-4H3,(H,28,33)/t19-,22+,24-,25-/m1/s1. The van der Waals surface area contributed by atoms with Crippen LogP contribution >= 0.6 is 0 Å². The molecule has 0 bridgehead atoms. The van der Waals surface area contributed by atoms with Crippen LogP contribution in [-0.4, -0.2) is 91.5 Å². The summed E-state index contributed by atoms with van der Waals surface area (Å²) in [6.07, 6.45) is 1.45. The second kappa shape index (κ2) is 11.1. The van der Waals surface area contributed by atoms with E-state index >= 15 is 0 Å². The van der Waals surface area contributed by atoms with Gasteiger partial charge >= 0.3 is 0 Å². The third-order valence-corrected chi connectivity index (χ3v) is 7.44. The first-order chi connectivity index (χ1) is 16.8. The molecule has 0 aromatic heterocycles. The van der Waals surface area contributed by atoms with Crippen LogP contribution in [0, 0.1) is 11.8 Å². The molecule has 0 radical (unpaired) electrons. The van der Waals surface area contributed by atoms with E-state index in [1.807, 2.05) is 45.0 Å². The summed E-state index contributed by atoms with van der Waals surface area (Å²) in [5, 5.41) is 2.97. The van der Waals surface area contributed by atoms with Gasteiger partial charge in [-0.05, 0) is 49.6 Å². The van der Waals surface area contributed by atoms with E-state index in [2.05, 4.69) is 22.0 Å². The summed E-state index contributed by atoms with van der Waals surface area (Å²) in [6, 6.07) is 6.45. The molecule has 4 atom stereocenters. The number of anilines is 1. The van der Waals surface area contributed by atoms with E-state index in [0.717, 1.165) is 38.4 Å². The number of hydrogen-bond donors (Lipinski definition) is 1. The predicted molar refractivity (Wildman–Crippen MR) is 136 cm³/mol. The zero-order valence-corrected chi connectivity index (χ0v) is 21.5. The largest absolute Gasteiger partial charge is 0.369 e. The van der Waals surface area contributed by atoms with Gasteiger partial charge in [0.05, 0.1) is 6.10 Å². The average Bonchev–Trinajstić information content (AvgIpc) is 3.39. The topological polar surface area (TPSA) is 82.2 Å². The summed E-state index contributed by atoms with van der Waals surface area (Å²) >= 11 is 0. The first-order valence-corrected chi connectivity index (χ1v) is 13.1. The van der Waals surface area contributed by atoms with Gasteiger partial charge in [-0.15, -0.1) is 0 Å². The normalized spacial score (nSPS) is 25.7. The predicted octanol–water partition coefficient (Wildman–Crippen LogP) is 2.18. The van der Waals surface area contributed by atoms with E-state index in [9.17, 15) is 14.4 Å². The maximum atomic E-state index is 13.5. The molecule has 3 aliphatic heterocycles. The molecular formula is C27H40N4O4. The van der Waals surface area contributed by atoms with Crippen LogP contribution in [0.2, 0.25) is 0 Å². The number of likely N-dealkylation sites (tertiary alicyclic amines) is 1. The second-order valence-corrected chi connectivity index (χ2v) is 10.7. The number of piperazine rings is 1. The number of carbonyl (C=O) groups is 3. The molecule has 0 spiro atoms. The Balaban J connectivity index is 1.40. The van der Waals surface area contributed by atoms with Gasteiger partial charge in [-0.25, -0.2) is 0 Å². The minimum Gasteiger partial charge on any atom is -0.369 e. The quantitative estimate of drug-likeness (QED) is 0.609. The first kappa shape index (κ1) is 25.6. The van der Waals surface area contributed by atoms with Gasteiger partial charge < -0.3 is 19.9 Å². The van der Waals surface area contributed by atoms with E-state index < -0.39 is 12.1 Å². The molecule has 0 aliphatic carbocycles. The fourth-order valence-corrected chi connectivity index (χ4v) is 5.62. The van der Waals surface area contributed by atoms with Gasteiger partial charge in [0.25, 0.3) is 5.91 Å². The summed E-state index contributed by atoms with van der Waals surface area (Å²) < 4.78 is 5.63. The number of carbonyl (C=O) groups excluding carboxylic acids is 3. The number of ketones is 1. The lowest BCUT2D eigenvalue weighted by Gasteiger charge is -2.36. The monoisotopic (exact) mass is 484 g/mol. The van der Waals surface area contributed by atoms with E-state index in [0.29, 0.717) is 18.5 Å². The number of amides is 2. The highest BCUT2D eigenvalue weighted by Gasteiger charge is 2.51. The summed E-state index contributed by atoms with van der Waals surface area (Å²) in [5.74, 6) is -0.187. The Hall–Kier alpha value is -2.45. The minimum absolute atomic E-state index is 0.0477. The van der Waals surface area contributed by atoms with Crippen LogP contribution in [0.25, 0.3) is 0 Å². The van der Waals surface area contributed by atoms with Crippen molar-refractivity contribution in [1.82, 2.24) is 15.1 Å². The Morgan fingerprint density at radius 3 is 2.43 bits per heavy atom. The molecule has 1 aromatic rings. The number of Topliss-reactive ketones (excluding diaryl/α,β-unsaturated/α-hetero) is 1. The number of fused-ring (bicyclic) bond motifs is 1. The molecule has 8 heteroatoms. The molecule has 3 saturated heterocycles. The Bertz CT molecular complexity index is 910. The highest BCUT2D eigenvalue weighted by atomic mass is 16.5.